The van der Waals surface area contributed by atoms with E-state index in [-0.39, 0.29) is 34.6 Å². The van der Waals surface area contributed by atoms with E-state index in [2.05, 4.69) is 38.8 Å². The van der Waals surface area contributed by atoms with Crippen LogP contribution < -0.4 is 15.4 Å². The van der Waals surface area contributed by atoms with Gasteiger partial charge in [0.1, 0.15) is 17.9 Å². The number of amides is 1. The normalized spacial score (nSPS) is 17.6. The van der Waals surface area contributed by atoms with Gasteiger partial charge in [-0.1, -0.05) is 20.3 Å². The van der Waals surface area contributed by atoms with Gasteiger partial charge < -0.3 is 20.3 Å². The number of carbonyl (C=O) groups is 1. The Labute approximate surface area is 231 Å². The number of halogens is 1. The van der Waals surface area contributed by atoms with Gasteiger partial charge in [0.15, 0.2) is 5.82 Å². The summed E-state index contributed by atoms with van der Waals surface area (Å²) >= 11 is 0. The molecule has 1 aromatic heterocycles. The van der Waals surface area contributed by atoms with Crippen LogP contribution in [0.25, 0.3) is 0 Å². The van der Waals surface area contributed by atoms with Crippen molar-refractivity contribution in [2.45, 2.75) is 72.4 Å². The van der Waals surface area contributed by atoms with Crippen molar-refractivity contribution in [3.8, 4) is 11.6 Å². The molecule has 1 aromatic carbocycles. The van der Waals surface area contributed by atoms with Crippen molar-refractivity contribution in [3.63, 3.8) is 0 Å². The molecule has 0 radical (unpaired) electrons. The molecule has 2 aliphatic heterocycles. The van der Waals surface area contributed by atoms with Crippen LogP contribution in [0.2, 0.25) is 0 Å². The van der Waals surface area contributed by atoms with Crippen LogP contribution in [0, 0.1) is 17.2 Å². The number of likely N-dealkylation sites (tertiary alicyclic amines) is 1. The number of benzene rings is 1. The lowest BCUT2D eigenvalue weighted by Crippen LogP contribution is -2.61. The number of hydrogen-bond acceptors (Lipinski definition) is 8. The second-order valence-corrected chi connectivity index (χ2v) is 11.7. The molecule has 0 bridgehead atoms. The van der Waals surface area contributed by atoms with E-state index >= 15 is 0 Å². The third-order valence-electron chi connectivity index (χ3n) is 8.18. The molecular weight excluding hydrogens is 497 g/mol. The first-order valence-corrected chi connectivity index (χ1v) is 14.3. The number of ether oxygens (including phenoxy) is 1. The average molecular weight is 542 g/mol. The van der Waals surface area contributed by atoms with Gasteiger partial charge in [0.05, 0.1) is 5.56 Å². The van der Waals surface area contributed by atoms with Gasteiger partial charge in [-0.25, -0.2) is 9.37 Å². The van der Waals surface area contributed by atoms with E-state index in [9.17, 15) is 9.18 Å². The summed E-state index contributed by atoms with van der Waals surface area (Å²) in [6, 6.07) is 4.53. The van der Waals surface area contributed by atoms with E-state index in [1.807, 2.05) is 20.8 Å². The monoisotopic (exact) mass is 541 g/mol. The van der Waals surface area contributed by atoms with Crippen LogP contribution in [0.3, 0.4) is 0 Å². The molecule has 2 aliphatic rings. The Balaban J connectivity index is 1.49. The van der Waals surface area contributed by atoms with Crippen molar-refractivity contribution in [1.29, 1.82) is 0 Å². The van der Waals surface area contributed by atoms with Crippen molar-refractivity contribution < 1.29 is 13.9 Å². The van der Waals surface area contributed by atoms with Gasteiger partial charge in [0.2, 0.25) is 0 Å². The van der Waals surface area contributed by atoms with Crippen LogP contribution in [0.5, 0.6) is 11.6 Å². The third kappa shape index (κ3) is 6.49. The average Bonchev–Trinajstić information content (AvgIpc) is 3.33. The van der Waals surface area contributed by atoms with E-state index in [0.29, 0.717) is 24.3 Å². The maximum absolute atomic E-state index is 14.2. The summed E-state index contributed by atoms with van der Waals surface area (Å²) in [6.45, 7) is 15.5. The molecule has 1 unspecified atom stereocenters. The van der Waals surface area contributed by atoms with Crippen LogP contribution in [0.1, 0.15) is 70.7 Å². The fraction of sp³-hybridized carbons (Fsp3) is 0.655. The Morgan fingerprint density at radius 2 is 1.97 bits per heavy atom. The number of nitrogens with two attached hydrogens (primary N) is 1. The Bertz CT molecular complexity index is 1120. The molecule has 2 N–H and O–H groups in total. The van der Waals surface area contributed by atoms with E-state index in [1.54, 1.807) is 4.90 Å². The van der Waals surface area contributed by atoms with Crippen molar-refractivity contribution >= 4 is 11.7 Å². The maximum atomic E-state index is 14.2. The molecule has 1 atom stereocenters. The highest BCUT2D eigenvalue weighted by atomic mass is 19.1. The number of unbranched alkanes of at least 4 members (excludes halogenated alkanes) is 1. The Morgan fingerprint density at radius 3 is 2.64 bits per heavy atom. The highest BCUT2D eigenvalue weighted by Gasteiger charge is 2.50. The topological polar surface area (TPSA) is 101 Å². The van der Waals surface area contributed by atoms with Crippen LogP contribution in [0.4, 0.5) is 10.2 Å². The zero-order valence-corrected chi connectivity index (χ0v) is 24.1. The molecule has 2 saturated heterocycles. The summed E-state index contributed by atoms with van der Waals surface area (Å²) in [4.78, 5) is 24.3. The lowest BCUT2D eigenvalue weighted by atomic mass is 9.76. The summed E-state index contributed by atoms with van der Waals surface area (Å²) in [5.74, 6) is 0.882. The molecule has 214 valence electrons. The Kier molecular flexibility index (Phi) is 9.38. The van der Waals surface area contributed by atoms with Crippen LogP contribution >= 0.6 is 0 Å². The molecule has 2 fully saturated rings. The maximum Gasteiger partial charge on any atom is 0.282 e. The highest BCUT2D eigenvalue weighted by molar-refractivity contribution is 5.97. The predicted octanol–water partition coefficient (Wildman–Crippen LogP) is 4.34. The van der Waals surface area contributed by atoms with Crippen molar-refractivity contribution in [3.05, 3.63) is 35.9 Å². The van der Waals surface area contributed by atoms with E-state index in [0.717, 1.165) is 45.6 Å². The molecule has 4 rings (SSSR count). The number of anilines is 1. The number of carbonyl (C=O) groups excluding carboxylic acids is 1. The van der Waals surface area contributed by atoms with Crippen molar-refractivity contribution in [1.82, 2.24) is 25.0 Å². The van der Waals surface area contributed by atoms with Gasteiger partial charge in [-0.05, 0) is 70.7 Å². The van der Waals surface area contributed by atoms with Crippen LogP contribution in [-0.2, 0) is 0 Å². The number of hydrogen-bond donors (Lipinski definition) is 1. The quantitative estimate of drug-likeness (QED) is 0.396. The van der Waals surface area contributed by atoms with Crippen molar-refractivity contribution in [2.75, 3.05) is 44.2 Å². The fourth-order valence-electron chi connectivity index (χ4n) is 6.16. The summed E-state index contributed by atoms with van der Waals surface area (Å²) in [7, 11) is 0. The summed E-state index contributed by atoms with van der Waals surface area (Å²) in [5, 5.41) is 8.17. The minimum absolute atomic E-state index is 0.0360. The molecule has 39 heavy (non-hydrogen) atoms. The second-order valence-electron chi connectivity index (χ2n) is 11.7. The lowest BCUT2D eigenvalue weighted by molar-refractivity contribution is -0.0340. The van der Waals surface area contributed by atoms with Crippen LogP contribution in [0.15, 0.2) is 24.5 Å². The van der Waals surface area contributed by atoms with Gasteiger partial charge in [-0.2, -0.15) is 0 Å². The fourth-order valence-corrected chi connectivity index (χ4v) is 6.16. The van der Waals surface area contributed by atoms with Gasteiger partial charge in [0, 0.05) is 50.2 Å². The molecular formula is C29H44FN7O2. The smallest absolute Gasteiger partial charge is 0.282 e. The van der Waals surface area contributed by atoms with Gasteiger partial charge in [-0.15, -0.1) is 10.2 Å². The van der Waals surface area contributed by atoms with Crippen LogP contribution in [-0.4, -0.2) is 82.2 Å². The zero-order valence-electron chi connectivity index (χ0n) is 24.1. The van der Waals surface area contributed by atoms with Gasteiger partial charge in [0.25, 0.3) is 11.8 Å². The minimum Gasteiger partial charge on any atom is -0.434 e. The van der Waals surface area contributed by atoms with Crippen molar-refractivity contribution in [2.24, 2.45) is 17.1 Å². The molecule has 0 aliphatic carbocycles. The van der Waals surface area contributed by atoms with E-state index in [4.69, 9.17) is 10.5 Å². The van der Waals surface area contributed by atoms with Gasteiger partial charge >= 0.3 is 0 Å². The number of rotatable bonds is 12. The molecule has 3 heterocycles. The first-order chi connectivity index (χ1) is 18.7. The molecule has 2 aromatic rings. The standard InChI is InChI=1S/C29H44FN7O2/c1-6-37(21(4)5)28(38)23-15-22(30)10-11-25(23)39-27-26(32-19-33-34-27)35-14-12-29(16-35)17-36(18-29)24(20(2)3)9-7-8-13-31/h10-11,15,19-21,24H,6-9,12-14,16-18,31H2,1-5H3. The molecule has 0 saturated carbocycles. The number of nitrogens with zero attached hydrogens (tertiary/aromatic N) is 6. The predicted molar refractivity (Wildman–Crippen MR) is 151 cm³/mol. The Hall–Kier alpha value is -2.85. The van der Waals surface area contributed by atoms with E-state index < -0.39 is 5.82 Å². The van der Waals surface area contributed by atoms with Gasteiger partial charge in [-0.3, -0.25) is 9.69 Å². The Morgan fingerprint density at radius 1 is 1.21 bits per heavy atom. The molecule has 1 amide bonds. The summed E-state index contributed by atoms with van der Waals surface area (Å²) < 4.78 is 20.4. The largest absolute Gasteiger partial charge is 0.434 e. The highest BCUT2D eigenvalue weighted by Crippen LogP contribution is 2.44. The first-order valence-electron chi connectivity index (χ1n) is 14.3. The third-order valence-corrected chi connectivity index (χ3v) is 8.18. The molecule has 10 heteroatoms. The lowest BCUT2D eigenvalue weighted by Gasteiger charge is -2.53. The van der Waals surface area contributed by atoms with E-state index in [1.165, 1.54) is 37.4 Å². The summed E-state index contributed by atoms with van der Waals surface area (Å²) in [5.41, 5.74) is 6.10. The second kappa shape index (κ2) is 12.6. The minimum atomic E-state index is -0.498. The zero-order chi connectivity index (χ0) is 28.2. The summed E-state index contributed by atoms with van der Waals surface area (Å²) in [6.07, 6.45) is 5.92. The molecule has 1 spiro atoms. The number of aromatic nitrogens is 3. The first kappa shape index (κ1) is 29.1. The molecule has 9 nitrogen and oxygen atoms in total. The SMILES string of the molecule is CCN(C(=O)c1cc(F)ccc1Oc1nncnc1N1CCC2(C1)CN(C(CCCCN)C(C)C)C2)C(C)C.